The third kappa shape index (κ3) is 4.01. The lowest BCUT2D eigenvalue weighted by atomic mass is 9.74. The van der Waals surface area contributed by atoms with Gasteiger partial charge in [0.1, 0.15) is 5.15 Å². The van der Waals surface area contributed by atoms with Gasteiger partial charge in [0.15, 0.2) is 0 Å². The Morgan fingerprint density at radius 3 is 2.67 bits per heavy atom. The van der Waals surface area contributed by atoms with Crippen LogP contribution in [0.3, 0.4) is 0 Å². The van der Waals surface area contributed by atoms with Crippen molar-refractivity contribution in [1.82, 2.24) is 15.1 Å². The molecule has 2 rings (SSSR count). The summed E-state index contributed by atoms with van der Waals surface area (Å²) in [6.45, 7) is 7.76. The molecule has 0 aromatic carbocycles. The van der Waals surface area contributed by atoms with Crippen LogP contribution in [0.5, 0.6) is 0 Å². The molecular formula is C17H30ClN3. The molecule has 3 atom stereocenters. The van der Waals surface area contributed by atoms with Gasteiger partial charge in [-0.05, 0) is 57.4 Å². The second-order valence-corrected chi connectivity index (χ2v) is 6.95. The molecule has 4 heteroatoms. The summed E-state index contributed by atoms with van der Waals surface area (Å²) in [4.78, 5) is 0. The molecule has 1 aromatic rings. The van der Waals surface area contributed by atoms with Crippen molar-refractivity contribution in [2.45, 2.75) is 65.3 Å². The first-order valence-electron chi connectivity index (χ1n) is 8.48. The van der Waals surface area contributed by atoms with E-state index < -0.39 is 0 Å². The molecule has 0 spiro atoms. The molecule has 120 valence electrons. The Morgan fingerprint density at radius 2 is 2.10 bits per heavy atom. The fourth-order valence-corrected chi connectivity index (χ4v) is 3.98. The quantitative estimate of drug-likeness (QED) is 0.856. The van der Waals surface area contributed by atoms with Gasteiger partial charge in [-0.15, -0.1) is 0 Å². The van der Waals surface area contributed by atoms with Gasteiger partial charge in [0.25, 0.3) is 0 Å². The number of nitrogens with one attached hydrogen (secondary N) is 1. The number of rotatable bonds is 6. The fraction of sp³-hybridized carbons (Fsp3) is 0.824. The van der Waals surface area contributed by atoms with E-state index in [0.717, 1.165) is 29.7 Å². The van der Waals surface area contributed by atoms with E-state index >= 15 is 0 Å². The monoisotopic (exact) mass is 311 g/mol. The largest absolute Gasteiger partial charge is 0.314 e. The second-order valence-electron chi connectivity index (χ2n) is 6.59. The summed E-state index contributed by atoms with van der Waals surface area (Å²) in [7, 11) is 1.93. The maximum atomic E-state index is 6.44. The number of hydrogen-bond donors (Lipinski definition) is 1. The first kappa shape index (κ1) is 16.8. The van der Waals surface area contributed by atoms with Gasteiger partial charge >= 0.3 is 0 Å². The second kappa shape index (κ2) is 7.64. The zero-order valence-corrected chi connectivity index (χ0v) is 14.7. The van der Waals surface area contributed by atoms with E-state index in [2.05, 4.69) is 31.2 Å². The van der Waals surface area contributed by atoms with Crippen LogP contribution in [-0.2, 0) is 13.5 Å². The minimum Gasteiger partial charge on any atom is -0.314 e. The molecule has 3 nitrogen and oxygen atoms in total. The van der Waals surface area contributed by atoms with E-state index in [-0.39, 0.29) is 0 Å². The molecule has 1 aliphatic carbocycles. The average molecular weight is 312 g/mol. The first-order chi connectivity index (χ1) is 10.1. The number of halogens is 1. The van der Waals surface area contributed by atoms with Gasteiger partial charge in [-0.3, -0.25) is 4.68 Å². The highest BCUT2D eigenvalue weighted by Crippen LogP contribution is 2.35. The minimum atomic E-state index is 0.642. The molecule has 1 heterocycles. The predicted octanol–water partition coefficient (Wildman–Crippen LogP) is 4.12. The molecule has 0 radical (unpaired) electrons. The highest BCUT2D eigenvalue weighted by molar-refractivity contribution is 6.30. The summed E-state index contributed by atoms with van der Waals surface area (Å²) >= 11 is 6.44. The Kier molecular flexibility index (Phi) is 6.12. The lowest BCUT2D eigenvalue weighted by Crippen LogP contribution is -2.42. The van der Waals surface area contributed by atoms with Crippen molar-refractivity contribution in [3.63, 3.8) is 0 Å². The molecule has 0 aliphatic heterocycles. The number of aromatic nitrogens is 2. The maximum Gasteiger partial charge on any atom is 0.130 e. The van der Waals surface area contributed by atoms with Gasteiger partial charge in [-0.1, -0.05) is 31.9 Å². The summed E-state index contributed by atoms with van der Waals surface area (Å²) < 4.78 is 1.81. The van der Waals surface area contributed by atoms with Gasteiger partial charge < -0.3 is 5.32 Å². The molecule has 1 saturated carbocycles. The van der Waals surface area contributed by atoms with Crippen molar-refractivity contribution in [2.24, 2.45) is 18.9 Å². The SMILES string of the molecule is CCCNC1CCC(CC)CC1Cc1c(C)nn(C)c1Cl. The topological polar surface area (TPSA) is 29.9 Å². The molecule has 1 fully saturated rings. The van der Waals surface area contributed by atoms with Crippen LogP contribution in [0.4, 0.5) is 0 Å². The minimum absolute atomic E-state index is 0.642. The summed E-state index contributed by atoms with van der Waals surface area (Å²) in [5.74, 6) is 1.57. The standard InChI is InChI=1S/C17H30ClN3/c1-5-9-19-16-8-7-13(6-2)10-14(16)11-15-12(3)20-21(4)17(15)18/h13-14,16,19H,5-11H2,1-4H3. The summed E-state index contributed by atoms with van der Waals surface area (Å²) in [5, 5.41) is 9.05. The van der Waals surface area contributed by atoms with Crippen molar-refractivity contribution >= 4 is 11.6 Å². The Morgan fingerprint density at radius 1 is 1.33 bits per heavy atom. The highest BCUT2D eigenvalue weighted by Gasteiger charge is 2.30. The molecule has 0 bridgehead atoms. The van der Waals surface area contributed by atoms with E-state index in [0.29, 0.717) is 12.0 Å². The summed E-state index contributed by atoms with van der Waals surface area (Å²) in [6.07, 6.45) is 7.57. The molecule has 3 unspecified atom stereocenters. The predicted molar refractivity (Wildman–Crippen MR) is 89.9 cm³/mol. The molecular weight excluding hydrogens is 282 g/mol. The van der Waals surface area contributed by atoms with Crippen LogP contribution < -0.4 is 5.32 Å². The van der Waals surface area contributed by atoms with Gasteiger partial charge in [0, 0.05) is 18.7 Å². The van der Waals surface area contributed by atoms with Gasteiger partial charge in [-0.25, -0.2) is 0 Å². The van der Waals surface area contributed by atoms with Crippen LogP contribution in [0.25, 0.3) is 0 Å². The Labute approximate surface area is 134 Å². The summed E-state index contributed by atoms with van der Waals surface area (Å²) in [6, 6.07) is 0.642. The molecule has 1 N–H and O–H groups in total. The number of aryl methyl sites for hydroxylation is 2. The molecule has 0 saturated heterocycles. The normalized spacial score (nSPS) is 26.2. The summed E-state index contributed by atoms with van der Waals surface area (Å²) in [5.41, 5.74) is 2.35. The van der Waals surface area contributed by atoms with Gasteiger partial charge in [0.05, 0.1) is 5.69 Å². The zero-order chi connectivity index (χ0) is 15.4. The van der Waals surface area contributed by atoms with Gasteiger partial charge in [0.2, 0.25) is 0 Å². The zero-order valence-electron chi connectivity index (χ0n) is 14.0. The van der Waals surface area contributed by atoms with Crippen LogP contribution >= 0.6 is 11.6 Å². The van der Waals surface area contributed by atoms with Crippen molar-refractivity contribution in [1.29, 1.82) is 0 Å². The van der Waals surface area contributed by atoms with Crippen LogP contribution in [0.1, 0.15) is 57.2 Å². The third-order valence-corrected chi connectivity index (χ3v) is 5.53. The first-order valence-corrected chi connectivity index (χ1v) is 8.85. The van der Waals surface area contributed by atoms with Crippen LogP contribution in [-0.4, -0.2) is 22.4 Å². The van der Waals surface area contributed by atoms with Crippen molar-refractivity contribution in [2.75, 3.05) is 6.54 Å². The van der Waals surface area contributed by atoms with Crippen LogP contribution in [0.15, 0.2) is 0 Å². The van der Waals surface area contributed by atoms with E-state index in [1.807, 2.05) is 7.05 Å². The Bertz CT molecular complexity index is 455. The highest BCUT2D eigenvalue weighted by atomic mass is 35.5. The van der Waals surface area contributed by atoms with E-state index in [1.165, 1.54) is 37.7 Å². The third-order valence-electron chi connectivity index (χ3n) is 5.06. The Balaban J connectivity index is 2.11. The number of nitrogens with zero attached hydrogens (tertiary/aromatic N) is 2. The van der Waals surface area contributed by atoms with E-state index in [4.69, 9.17) is 11.6 Å². The van der Waals surface area contributed by atoms with Crippen molar-refractivity contribution < 1.29 is 0 Å². The van der Waals surface area contributed by atoms with E-state index in [1.54, 1.807) is 4.68 Å². The van der Waals surface area contributed by atoms with Crippen molar-refractivity contribution in [3.05, 3.63) is 16.4 Å². The number of hydrogen-bond acceptors (Lipinski definition) is 2. The molecule has 0 amide bonds. The lowest BCUT2D eigenvalue weighted by molar-refractivity contribution is 0.198. The van der Waals surface area contributed by atoms with Crippen molar-refractivity contribution in [3.8, 4) is 0 Å². The molecule has 1 aliphatic rings. The van der Waals surface area contributed by atoms with Gasteiger partial charge in [-0.2, -0.15) is 5.10 Å². The molecule has 1 aromatic heterocycles. The maximum absolute atomic E-state index is 6.44. The fourth-order valence-electron chi connectivity index (χ4n) is 3.72. The Hall–Kier alpha value is -0.540. The average Bonchev–Trinajstić information content (AvgIpc) is 2.72. The van der Waals surface area contributed by atoms with Crippen LogP contribution in [0.2, 0.25) is 5.15 Å². The smallest absolute Gasteiger partial charge is 0.130 e. The van der Waals surface area contributed by atoms with E-state index in [9.17, 15) is 0 Å². The molecule has 21 heavy (non-hydrogen) atoms. The lowest BCUT2D eigenvalue weighted by Gasteiger charge is -2.36. The van der Waals surface area contributed by atoms with Crippen LogP contribution in [0, 0.1) is 18.8 Å².